The van der Waals surface area contributed by atoms with Crippen LogP contribution in [0.2, 0.25) is 0 Å². The number of nitro benzene ring substituents is 1. The molecule has 0 saturated carbocycles. The molecule has 29 heavy (non-hydrogen) atoms. The van der Waals surface area contributed by atoms with Crippen LogP contribution in [0.1, 0.15) is 24.2 Å². The molecule has 0 radical (unpaired) electrons. The topological polar surface area (TPSA) is 140 Å². The second kappa shape index (κ2) is 9.83. The molecule has 0 saturated heterocycles. The minimum atomic E-state index is -0.830. The number of nitrogens with one attached hydrogen (secondary N) is 3. The van der Waals surface area contributed by atoms with Gasteiger partial charge in [-0.2, -0.15) is 0 Å². The summed E-state index contributed by atoms with van der Waals surface area (Å²) >= 11 is 0. The van der Waals surface area contributed by atoms with E-state index in [1.165, 1.54) is 36.4 Å². The van der Waals surface area contributed by atoms with E-state index in [9.17, 15) is 24.5 Å². The van der Waals surface area contributed by atoms with Crippen molar-refractivity contribution in [1.29, 1.82) is 0 Å². The molecule has 0 spiro atoms. The Labute approximate surface area is 166 Å². The van der Waals surface area contributed by atoms with E-state index in [1.54, 1.807) is 26.0 Å². The Morgan fingerprint density at radius 3 is 2.28 bits per heavy atom. The minimum Gasteiger partial charge on any atom is -0.452 e. The lowest BCUT2D eigenvalue weighted by Crippen LogP contribution is -2.34. The van der Waals surface area contributed by atoms with E-state index in [2.05, 4.69) is 16.0 Å². The number of hydrogen-bond acceptors (Lipinski definition) is 6. The van der Waals surface area contributed by atoms with Crippen molar-refractivity contribution in [3.05, 3.63) is 64.2 Å². The number of nitrogens with zero attached hydrogens (tertiary/aromatic N) is 1. The summed E-state index contributed by atoms with van der Waals surface area (Å²) in [5.41, 5.74) is -0.0106. The van der Waals surface area contributed by atoms with Crippen LogP contribution in [0.25, 0.3) is 0 Å². The van der Waals surface area contributed by atoms with Crippen LogP contribution in [0.5, 0.6) is 0 Å². The molecule has 0 aromatic heterocycles. The number of urea groups is 1. The molecular formula is C19H20N4O6. The second-order valence-electron chi connectivity index (χ2n) is 6.20. The van der Waals surface area contributed by atoms with Crippen molar-refractivity contribution in [2.75, 3.05) is 17.2 Å². The third-order valence-corrected chi connectivity index (χ3v) is 3.52. The standard InChI is InChI=1S/C19H20N4O6/c1-12(2)20-19(26)22-14-8-4-3-7-13(14)18(25)29-11-17(24)21-15-9-5-6-10-16(15)23(27)28/h3-10,12H,11H2,1-2H3,(H,21,24)(H2,20,22,26). The monoisotopic (exact) mass is 400 g/mol. The number of ether oxygens (including phenoxy) is 1. The maximum absolute atomic E-state index is 12.3. The molecule has 3 amide bonds. The number of para-hydroxylation sites is 3. The van der Waals surface area contributed by atoms with Gasteiger partial charge in [-0.05, 0) is 32.0 Å². The van der Waals surface area contributed by atoms with E-state index in [-0.39, 0.29) is 28.7 Å². The zero-order valence-corrected chi connectivity index (χ0v) is 15.8. The highest BCUT2D eigenvalue weighted by molar-refractivity contribution is 6.02. The van der Waals surface area contributed by atoms with Gasteiger partial charge in [-0.1, -0.05) is 24.3 Å². The van der Waals surface area contributed by atoms with Crippen LogP contribution in [0.3, 0.4) is 0 Å². The van der Waals surface area contributed by atoms with Crippen molar-refractivity contribution < 1.29 is 24.0 Å². The van der Waals surface area contributed by atoms with Gasteiger partial charge in [-0.3, -0.25) is 14.9 Å². The van der Waals surface area contributed by atoms with Gasteiger partial charge in [-0.15, -0.1) is 0 Å². The van der Waals surface area contributed by atoms with Crippen molar-refractivity contribution in [2.24, 2.45) is 0 Å². The Hall–Kier alpha value is -3.95. The zero-order valence-electron chi connectivity index (χ0n) is 15.8. The molecule has 0 bridgehead atoms. The molecule has 0 unspecified atom stereocenters. The normalized spacial score (nSPS) is 10.2. The first-order valence-electron chi connectivity index (χ1n) is 8.65. The number of anilines is 2. The Bertz CT molecular complexity index is 928. The van der Waals surface area contributed by atoms with Crippen molar-refractivity contribution in [2.45, 2.75) is 19.9 Å². The van der Waals surface area contributed by atoms with Gasteiger partial charge in [0.2, 0.25) is 0 Å². The highest BCUT2D eigenvalue weighted by Crippen LogP contribution is 2.23. The van der Waals surface area contributed by atoms with E-state index >= 15 is 0 Å². The lowest BCUT2D eigenvalue weighted by atomic mass is 10.2. The molecule has 0 aliphatic rings. The fraction of sp³-hybridized carbons (Fsp3) is 0.211. The summed E-state index contributed by atoms with van der Waals surface area (Å²) in [5.74, 6) is -1.57. The van der Waals surface area contributed by atoms with Gasteiger partial charge in [0.05, 0.1) is 16.2 Å². The van der Waals surface area contributed by atoms with E-state index < -0.39 is 29.4 Å². The summed E-state index contributed by atoms with van der Waals surface area (Å²) in [4.78, 5) is 46.5. The van der Waals surface area contributed by atoms with Gasteiger partial charge in [0, 0.05) is 12.1 Å². The Kier molecular flexibility index (Phi) is 7.24. The number of carbonyl (C=O) groups excluding carboxylic acids is 3. The lowest BCUT2D eigenvalue weighted by molar-refractivity contribution is -0.383. The molecule has 0 aliphatic carbocycles. The SMILES string of the molecule is CC(C)NC(=O)Nc1ccccc1C(=O)OCC(=O)Nc1ccccc1[N+](=O)[O-]. The lowest BCUT2D eigenvalue weighted by Gasteiger charge is -2.13. The Morgan fingerprint density at radius 1 is 1.00 bits per heavy atom. The predicted molar refractivity (Wildman–Crippen MR) is 106 cm³/mol. The maximum Gasteiger partial charge on any atom is 0.340 e. The molecule has 2 rings (SSSR count). The Balaban J connectivity index is 2.00. The van der Waals surface area contributed by atoms with Gasteiger partial charge in [0.25, 0.3) is 11.6 Å². The van der Waals surface area contributed by atoms with Gasteiger partial charge in [0.1, 0.15) is 5.69 Å². The highest BCUT2D eigenvalue weighted by atomic mass is 16.6. The molecule has 0 atom stereocenters. The quantitative estimate of drug-likeness (QED) is 0.371. The zero-order chi connectivity index (χ0) is 21.4. The van der Waals surface area contributed by atoms with Crippen molar-refractivity contribution in [3.63, 3.8) is 0 Å². The molecule has 3 N–H and O–H groups in total. The largest absolute Gasteiger partial charge is 0.452 e. The first kappa shape index (κ1) is 21.4. The van der Waals surface area contributed by atoms with Crippen molar-refractivity contribution in [3.8, 4) is 0 Å². The number of rotatable bonds is 7. The minimum absolute atomic E-state index is 0.00836. The first-order chi connectivity index (χ1) is 13.8. The summed E-state index contributed by atoms with van der Waals surface area (Å²) in [6.45, 7) is 2.92. The van der Waals surface area contributed by atoms with E-state index in [4.69, 9.17) is 4.74 Å². The fourth-order valence-electron chi connectivity index (χ4n) is 2.32. The second-order valence-corrected chi connectivity index (χ2v) is 6.20. The number of amides is 3. The molecule has 0 heterocycles. The highest BCUT2D eigenvalue weighted by Gasteiger charge is 2.18. The van der Waals surface area contributed by atoms with Crippen molar-refractivity contribution in [1.82, 2.24) is 5.32 Å². The smallest absolute Gasteiger partial charge is 0.340 e. The van der Waals surface area contributed by atoms with Crippen molar-refractivity contribution >= 4 is 35.0 Å². The number of hydrogen-bond donors (Lipinski definition) is 3. The summed E-state index contributed by atoms with van der Waals surface area (Å²) < 4.78 is 4.97. The van der Waals surface area contributed by atoms with Crippen LogP contribution in [0, 0.1) is 10.1 Å². The van der Waals surface area contributed by atoms with Crippen LogP contribution in [-0.2, 0) is 9.53 Å². The Morgan fingerprint density at radius 2 is 1.62 bits per heavy atom. The third kappa shape index (κ3) is 6.31. The molecular weight excluding hydrogens is 380 g/mol. The summed E-state index contributed by atoms with van der Waals surface area (Å²) in [6, 6.07) is 11.2. The molecule has 0 fully saturated rings. The number of esters is 1. The number of nitro groups is 1. The molecule has 10 heteroatoms. The molecule has 0 aliphatic heterocycles. The average Bonchev–Trinajstić information content (AvgIpc) is 2.66. The summed E-state index contributed by atoms with van der Waals surface area (Å²) in [7, 11) is 0. The average molecular weight is 400 g/mol. The van der Waals surface area contributed by atoms with Crippen LogP contribution in [0.15, 0.2) is 48.5 Å². The van der Waals surface area contributed by atoms with E-state index in [0.29, 0.717) is 0 Å². The molecule has 10 nitrogen and oxygen atoms in total. The van der Waals surface area contributed by atoms with Crippen LogP contribution in [0.4, 0.5) is 21.9 Å². The molecule has 2 aromatic carbocycles. The predicted octanol–water partition coefficient (Wildman–Crippen LogP) is 2.92. The van der Waals surface area contributed by atoms with Crippen LogP contribution in [-0.4, -0.2) is 35.5 Å². The maximum atomic E-state index is 12.3. The summed E-state index contributed by atoms with van der Waals surface area (Å²) in [6.07, 6.45) is 0. The van der Waals surface area contributed by atoms with Gasteiger partial charge >= 0.3 is 12.0 Å². The van der Waals surface area contributed by atoms with E-state index in [1.807, 2.05) is 0 Å². The van der Waals surface area contributed by atoms with E-state index in [0.717, 1.165) is 0 Å². The molecule has 152 valence electrons. The first-order valence-corrected chi connectivity index (χ1v) is 8.65. The summed E-state index contributed by atoms with van der Waals surface area (Å²) in [5, 5.41) is 18.5. The van der Waals surface area contributed by atoms with Crippen LogP contribution >= 0.6 is 0 Å². The number of benzene rings is 2. The van der Waals surface area contributed by atoms with Crippen LogP contribution < -0.4 is 16.0 Å². The number of carbonyl (C=O) groups is 3. The fourth-order valence-corrected chi connectivity index (χ4v) is 2.32. The van der Waals surface area contributed by atoms with Gasteiger partial charge in [-0.25, -0.2) is 9.59 Å². The molecule has 2 aromatic rings. The van der Waals surface area contributed by atoms with Gasteiger partial charge < -0.3 is 20.7 Å². The van der Waals surface area contributed by atoms with Gasteiger partial charge in [0.15, 0.2) is 6.61 Å². The third-order valence-electron chi connectivity index (χ3n) is 3.52.